The van der Waals surface area contributed by atoms with E-state index in [0.29, 0.717) is 12.1 Å². The third-order valence-corrected chi connectivity index (χ3v) is 5.39. The maximum Gasteiger partial charge on any atom is 0.161 e. The van der Waals surface area contributed by atoms with Gasteiger partial charge < -0.3 is 4.43 Å². The molecule has 2 rings (SSSR count). The van der Waals surface area contributed by atoms with Crippen molar-refractivity contribution in [3.05, 3.63) is 0 Å². The highest BCUT2D eigenvalue weighted by Crippen LogP contribution is 2.22. The maximum atomic E-state index is 5.86. The Balaban J connectivity index is 1.83. The summed E-state index contributed by atoms with van der Waals surface area (Å²) in [5.74, 6) is -0.282. The molecule has 2 N–H and O–H groups in total. The Bertz CT molecular complexity index is 218. The van der Waals surface area contributed by atoms with Crippen LogP contribution in [-0.2, 0) is 4.43 Å². The Morgan fingerprint density at radius 2 is 1.22 bits per heavy atom. The summed E-state index contributed by atoms with van der Waals surface area (Å²) in [6.45, 7) is 2.18. The molecule has 4 heteroatoms. The van der Waals surface area contributed by atoms with Gasteiger partial charge in [0.1, 0.15) is 10.5 Å². The third kappa shape index (κ3) is 4.33. The Labute approximate surface area is 115 Å². The fraction of sp³-hybridized carbons (Fsp3) is 1.00. The highest BCUT2D eigenvalue weighted by Gasteiger charge is 2.30. The zero-order valence-corrected chi connectivity index (χ0v) is 14.1. The smallest absolute Gasteiger partial charge is 0.161 e. The molecule has 0 bridgehead atoms. The van der Waals surface area contributed by atoms with E-state index in [1.54, 1.807) is 0 Å². The minimum absolute atomic E-state index is 0.282. The second-order valence-electron chi connectivity index (χ2n) is 6.20. The maximum absolute atomic E-state index is 5.86. The number of nitrogens with one attached hydrogen (secondary N) is 2. The molecule has 0 aromatic heterocycles. The molecule has 2 fully saturated rings. The van der Waals surface area contributed by atoms with Crippen molar-refractivity contribution in [1.82, 2.24) is 10.6 Å². The molecule has 0 aromatic rings. The molecule has 0 atom stereocenters. The fourth-order valence-electron chi connectivity index (χ4n) is 3.43. The summed E-state index contributed by atoms with van der Waals surface area (Å²) in [6.07, 6.45) is 13.6. The molecule has 2 saturated carbocycles. The monoisotopic (exact) mass is 270 g/mol. The molecule has 0 saturated heterocycles. The summed E-state index contributed by atoms with van der Waals surface area (Å²) in [5, 5.41) is 7.46. The highest BCUT2D eigenvalue weighted by atomic mass is 28.2. The minimum Gasteiger partial charge on any atom is -0.399 e. The van der Waals surface area contributed by atoms with E-state index in [1.165, 1.54) is 64.2 Å². The van der Waals surface area contributed by atoms with E-state index in [4.69, 9.17) is 4.43 Å². The van der Waals surface area contributed by atoms with Gasteiger partial charge in [-0.1, -0.05) is 38.5 Å². The molecule has 0 unspecified atom stereocenters. The summed E-state index contributed by atoms with van der Waals surface area (Å²) >= 11 is 0. The van der Waals surface area contributed by atoms with Gasteiger partial charge in [0.2, 0.25) is 0 Å². The minimum atomic E-state index is -0.282. The van der Waals surface area contributed by atoms with Gasteiger partial charge in [-0.3, -0.25) is 10.6 Å². The molecule has 2 aliphatic carbocycles. The molecule has 0 aliphatic heterocycles. The lowest BCUT2D eigenvalue weighted by atomic mass is 9.94. The van der Waals surface area contributed by atoms with Gasteiger partial charge in [-0.05, 0) is 32.6 Å². The van der Waals surface area contributed by atoms with Gasteiger partial charge in [0.25, 0.3) is 0 Å². The van der Waals surface area contributed by atoms with Crippen LogP contribution in [0.1, 0.15) is 71.1 Å². The summed E-state index contributed by atoms with van der Waals surface area (Å²) < 4.78 is 5.86. The topological polar surface area (TPSA) is 33.3 Å². The molecule has 0 aromatic carbocycles. The van der Waals surface area contributed by atoms with Crippen molar-refractivity contribution in [1.29, 1.82) is 0 Å². The van der Waals surface area contributed by atoms with E-state index in [0.717, 1.165) is 10.5 Å². The van der Waals surface area contributed by atoms with Crippen molar-refractivity contribution >= 4 is 10.5 Å². The van der Waals surface area contributed by atoms with Crippen LogP contribution in [0.15, 0.2) is 0 Å². The predicted octanol–water partition coefficient (Wildman–Crippen LogP) is 1.80. The first kappa shape index (κ1) is 14.5. The van der Waals surface area contributed by atoms with E-state index in [2.05, 4.69) is 17.6 Å². The molecule has 0 spiro atoms. The van der Waals surface area contributed by atoms with Crippen LogP contribution in [0, 0.1) is 0 Å². The first-order valence-electron chi connectivity index (χ1n) is 7.82. The van der Waals surface area contributed by atoms with Crippen molar-refractivity contribution in [2.24, 2.45) is 0 Å². The van der Waals surface area contributed by atoms with Crippen LogP contribution in [-0.4, -0.2) is 28.4 Å². The quantitative estimate of drug-likeness (QED) is 0.590. The molecule has 0 radical (unpaired) electrons. The SMILES string of the molecule is CC(NC1CCCCC1)(NC1CCCCC1)O[SiH3]. The molecular weight excluding hydrogens is 240 g/mol. The zero-order valence-electron chi connectivity index (χ0n) is 12.1. The second-order valence-corrected chi connectivity index (χ2v) is 6.60. The molecule has 18 heavy (non-hydrogen) atoms. The first-order valence-corrected chi connectivity index (χ1v) is 8.64. The van der Waals surface area contributed by atoms with E-state index in [9.17, 15) is 0 Å². The van der Waals surface area contributed by atoms with Crippen molar-refractivity contribution in [2.75, 3.05) is 0 Å². The van der Waals surface area contributed by atoms with E-state index in [-0.39, 0.29) is 5.85 Å². The van der Waals surface area contributed by atoms with Crippen LogP contribution in [0.4, 0.5) is 0 Å². The Hall–Kier alpha value is 0.0969. The highest BCUT2D eigenvalue weighted by molar-refractivity contribution is 5.98. The van der Waals surface area contributed by atoms with Gasteiger partial charge in [0.15, 0.2) is 5.85 Å². The second kappa shape index (κ2) is 7.03. The van der Waals surface area contributed by atoms with Gasteiger partial charge in [0, 0.05) is 12.1 Å². The Morgan fingerprint density at radius 3 is 1.56 bits per heavy atom. The number of hydrogen-bond acceptors (Lipinski definition) is 3. The van der Waals surface area contributed by atoms with Gasteiger partial charge in [-0.2, -0.15) is 0 Å². The van der Waals surface area contributed by atoms with Crippen molar-refractivity contribution in [3.8, 4) is 0 Å². The van der Waals surface area contributed by atoms with Crippen LogP contribution in [0.2, 0.25) is 0 Å². The lowest BCUT2D eigenvalue weighted by Gasteiger charge is -2.40. The van der Waals surface area contributed by atoms with Crippen molar-refractivity contribution in [3.63, 3.8) is 0 Å². The van der Waals surface area contributed by atoms with Crippen LogP contribution in [0.3, 0.4) is 0 Å². The zero-order chi connectivity index (χ0) is 12.8. The fourth-order valence-corrected chi connectivity index (χ4v) is 3.67. The Kier molecular flexibility index (Phi) is 5.67. The average molecular weight is 270 g/mol. The lowest BCUT2D eigenvalue weighted by Crippen LogP contribution is -2.62. The number of rotatable bonds is 5. The average Bonchev–Trinajstić information content (AvgIpc) is 2.41. The molecule has 0 amide bonds. The number of hydrogen-bond donors (Lipinski definition) is 2. The van der Waals surface area contributed by atoms with Crippen LogP contribution in [0.25, 0.3) is 0 Å². The molecule has 2 aliphatic rings. The Morgan fingerprint density at radius 1 is 0.833 bits per heavy atom. The molecule has 106 valence electrons. The van der Waals surface area contributed by atoms with Gasteiger partial charge in [-0.15, -0.1) is 0 Å². The predicted molar refractivity (Wildman–Crippen MR) is 79.4 cm³/mol. The van der Waals surface area contributed by atoms with Crippen molar-refractivity contribution in [2.45, 2.75) is 89.1 Å². The standard InChI is InChI=1S/C14H30N2OSi/c1-14(17-18,15-12-8-4-2-5-9-12)16-13-10-6-3-7-11-13/h12-13,15-16H,2-11H2,1,18H3. The van der Waals surface area contributed by atoms with E-state index >= 15 is 0 Å². The normalized spacial score (nSPS) is 24.5. The first-order chi connectivity index (χ1) is 8.72. The lowest BCUT2D eigenvalue weighted by molar-refractivity contribution is -0.00702. The van der Waals surface area contributed by atoms with Crippen molar-refractivity contribution < 1.29 is 4.43 Å². The summed E-state index contributed by atoms with van der Waals surface area (Å²) in [7, 11) is 0.782. The molecule has 0 heterocycles. The summed E-state index contributed by atoms with van der Waals surface area (Å²) in [5.41, 5.74) is 0. The largest absolute Gasteiger partial charge is 0.399 e. The van der Waals surface area contributed by atoms with Crippen LogP contribution < -0.4 is 10.6 Å². The molecular formula is C14H30N2OSi. The van der Waals surface area contributed by atoms with E-state index < -0.39 is 0 Å². The van der Waals surface area contributed by atoms with Gasteiger partial charge in [0.05, 0.1) is 0 Å². The third-order valence-electron chi connectivity index (χ3n) is 4.58. The van der Waals surface area contributed by atoms with Gasteiger partial charge in [-0.25, -0.2) is 0 Å². The van der Waals surface area contributed by atoms with E-state index in [1.807, 2.05) is 0 Å². The van der Waals surface area contributed by atoms with Crippen LogP contribution in [0.5, 0.6) is 0 Å². The van der Waals surface area contributed by atoms with Crippen LogP contribution >= 0.6 is 0 Å². The van der Waals surface area contributed by atoms with Gasteiger partial charge >= 0.3 is 0 Å². The summed E-state index contributed by atoms with van der Waals surface area (Å²) in [4.78, 5) is 0. The summed E-state index contributed by atoms with van der Waals surface area (Å²) in [6, 6.07) is 1.29. The molecule has 3 nitrogen and oxygen atoms in total.